The highest BCUT2D eigenvalue weighted by Crippen LogP contribution is 2.32. The molecular formula is C31H50N6O9S. The number of carboxylic acid groups (broad SMARTS) is 2. The molecule has 3 rings (SSSR count). The number of rotatable bonds is 14. The van der Waals surface area contributed by atoms with Crippen LogP contribution in [0.25, 0.3) is 0 Å². The first kappa shape index (κ1) is 39.3. The molecule has 264 valence electrons. The van der Waals surface area contributed by atoms with Gasteiger partial charge in [0.05, 0.1) is 24.1 Å². The number of aliphatic carboxylic acids is 2. The van der Waals surface area contributed by atoms with Crippen LogP contribution in [0.15, 0.2) is 28.1 Å². The number of anilines is 1. The van der Waals surface area contributed by atoms with Crippen LogP contribution in [0.4, 0.5) is 5.69 Å². The summed E-state index contributed by atoms with van der Waals surface area (Å²) in [5.74, 6) is -2.24. The van der Waals surface area contributed by atoms with Crippen LogP contribution in [0.2, 0.25) is 0 Å². The van der Waals surface area contributed by atoms with Crippen molar-refractivity contribution in [3.8, 4) is 0 Å². The number of nitrogens with zero attached hydrogens (tertiary/aromatic N) is 2. The molecule has 8 N–H and O–H groups in total. The lowest BCUT2D eigenvalue weighted by Gasteiger charge is -2.34. The highest BCUT2D eigenvalue weighted by molar-refractivity contribution is 7.89. The number of guanidine groups is 1. The SMILES string of the molecule is CC(=O)O.C[C@@H]1CNc2c(cccc2S(=O)(=O)NC(CCCN=C(N)N)C(=O)N2CCC(CCOC(=O)C(C)(C)CC(=O)O)CC2)C1. The largest absolute Gasteiger partial charge is 0.481 e. The molecule has 0 aromatic heterocycles. The van der Waals surface area contributed by atoms with Gasteiger partial charge < -0.3 is 36.6 Å². The van der Waals surface area contributed by atoms with Crippen LogP contribution >= 0.6 is 0 Å². The number of sulfonamides is 1. The first-order chi connectivity index (χ1) is 21.9. The lowest BCUT2D eigenvalue weighted by Crippen LogP contribution is -2.50. The first-order valence-corrected chi connectivity index (χ1v) is 17.2. The summed E-state index contributed by atoms with van der Waals surface area (Å²) in [4.78, 5) is 51.7. The van der Waals surface area contributed by atoms with E-state index < -0.39 is 39.4 Å². The summed E-state index contributed by atoms with van der Waals surface area (Å²) in [5.41, 5.74) is 11.2. The van der Waals surface area contributed by atoms with E-state index in [-0.39, 0.29) is 48.7 Å². The van der Waals surface area contributed by atoms with E-state index in [2.05, 4.69) is 22.0 Å². The summed E-state index contributed by atoms with van der Waals surface area (Å²) in [5, 5.41) is 19.7. The van der Waals surface area contributed by atoms with Crippen LogP contribution in [-0.2, 0) is 40.4 Å². The number of amides is 1. The quantitative estimate of drug-likeness (QED) is 0.0712. The zero-order valence-electron chi connectivity index (χ0n) is 27.7. The molecule has 15 nitrogen and oxygen atoms in total. The number of nitrogens with two attached hydrogens (primary N) is 2. The van der Waals surface area contributed by atoms with Gasteiger partial charge in [-0.25, -0.2) is 8.42 Å². The van der Waals surface area contributed by atoms with E-state index in [1.54, 1.807) is 30.9 Å². The van der Waals surface area contributed by atoms with Crippen molar-refractivity contribution in [3.63, 3.8) is 0 Å². The van der Waals surface area contributed by atoms with Gasteiger partial charge in [0.15, 0.2) is 5.96 Å². The predicted molar refractivity (Wildman–Crippen MR) is 176 cm³/mol. The Hall–Kier alpha value is -3.92. The van der Waals surface area contributed by atoms with Crippen molar-refractivity contribution < 1.29 is 42.5 Å². The van der Waals surface area contributed by atoms with Crippen molar-refractivity contribution in [3.05, 3.63) is 23.8 Å². The first-order valence-electron chi connectivity index (χ1n) is 15.7. The number of piperidine rings is 1. The zero-order valence-corrected chi connectivity index (χ0v) is 28.5. The molecule has 1 amide bonds. The third-order valence-corrected chi connectivity index (χ3v) is 9.48. The molecule has 1 fully saturated rings. The van der Waals surface area contributed by atoms with Gasteiger partial charge in [0.25, 0.3) is 5.97 Å². The Morgan fingerprint density at radius 1 is 1.17 bits per heavy atom. The average Bonchev–Trinajstić information content (AvgIpc) is 2.97. The number of nitrogens with one attached hydrogen (secondary N) is 2. The fourth-order valence-corrected chi connectivity index (χ4v) is 6.96. The van der Waals surface area contributed by atoms with Gasteiger partial charge in [-0.1, -0.05) is 19.1 Å². The van der Waals surface area contributed by atoms with Crippen LogP contribution in [0.3, 0.4) is 0 Å². The Balaban J connectivity index is 0.00000181. The normalized spacial score (nSPS) is 17.2. The summed E-state index contributed by atoms with van der Waals surface area (Å²) >= 11 is 0. The minimum atomic E-state index is -4.04. The third-order valence-electron chi connectivity index (χ3n) is 7.97. The highest BCUT2D eigenvalue weighted by Gasteiger charge is 2.34. The van der Waals surface area contributed by atoms with E-state index in [9.17, 15) is 22.8 Å². The third kappa shape index (κ3) is 13.0. The second kappa shape index (κ2) is 17.8. The number of para-hydroxylation sites is 1. The van der Waals surface area contributed by atoms with Crippen molar-refractivity contribution in [2.24, 2.45) is 33.7 Å². The number of esters is 1. The van der Waals surface area contributed by atoms with E-state index in [1.807, 2.05) is 6.07 Å². The van der Waals surface area contributed by atoms with Crippen molar-refractivity contribution >= 4 is 45.5 Å². The molecule has 0 spiro atoms. The fourth-order valence-electron chi connectivity index (χ4n) is 5.51. The summed E-state index contributed by atoms with van der Waals surface area (Å²) < 4.78 is 35.2. The average molecular weight is 683 g/mol. The Labute approximate surface area is 276 Å². The summed E-state index contributed by atoms with van der Waals surface area (Å²) in [6, 6.07) is 4.19. The summed E-state index contributed by atoms with van der Waals surface area (Å²) in [7, 11) is -4.04. The van der Waals surface area contributed by atoms with Gasteiger partial charge in [0.1, 0.15) is 10.9 Å². The molecule has 0 saturated carbocycles. The van der Waals surface area contributed by atoms with Gasteiger partial charge in [-0.05, 0) is 75.8 Å². The molecule has 1 saturated heterocycles. The number of carbonyl (C=O) groups is 4. The highest BCUT2D eigenvalue weighted by atomic mass is 32.2. The number of hydrogen-bond acceptors (Lipinski definition) is 9. The molecule has 1 aromatic rings. The Bertz CT molecular complexity index is 1380. The predicted octanol–water partition coefficient (Wildman–Crippen LogP) is 1.75. The smallest absolute Gasteiger partial charge is 0.312 e. The minimum Gasteiger partial charge on any atom is -0.481 e. The van der Waals surface area contributed by atoms with Gasteiger partial charge in [-0.15, -0.1) is 0 Å². The van der Waals surface area contributed by atoms with Gasteiger partial charge in [-0.2, -0.15) is 4.72 Å². The molecule has 2 heterocycles. The van der Waals surface area contributed by atoms with E-state index in [1.165, 1.54) is 0 Å². The molecule has 1 unspecified atom stereocenters. The molecule has 2 atom stereocenters. The topological polar surface area (TPSA) is 244 Å². The Morgan fingerprint density at radius 2 is 1.81 bits per heavy atom. The molecule has 1 aromatic carbocycles. The molecule has 2 aliphatic heterocycles. The lowest BCUT2D eigenvalue weighted by molar-refractivity contribution is -0.159. The van der Waals surface area contributed by atoms with Crippen molar-refractivity contribution in [2.75, 3.05) is 38.1 Å². The van der Waals surface area contributed by atoms with Crippen molar-refractivity contribution in [2.45, 2.75) is 83.6 Å². The number of ether oxygens (including phenoxy) is 1. The number of hydrogen-bond donors (Lipinski definition) is 6. The maximum atomic E-state index is 13.7. The second-order valence-corrected chi connectivity index (χ2v) is 14.5. The van der Waals surface area contributed by atoms with Gasteiger partial charge >= 0.3 is 11.9 Å². The minimum absolute atomic E-state index is 0.0714. The second-order valence-electron chi connectivity index (χ2n) is 12.8. The Morgan fingerprint density at radius 3 is 2.40 bits per heavy atom. The summed E-state index contributed by atoms with van der Waals surface area (Å²) in [6.07, 6.45) is 3.01. The van der Waals surface area contributed by atoms with Crippen molar-refractivity contribution in [1.82, 2.24) is 9.62 Å². The number of fused-ring (bicyclic) bond motifs is 1. The van der Waals surface area contributed by atoms with E-state index >= 15 is 0 Å². The number of aliphatic imine (C=N–C) groups is 1. The van der Waals surface area contributed by atoms with E-state index in [0.29, 0.717) is 56.9 Å². The standard InChI is InChI=1S/C29H46N6O7S.C2H4O2/c1-19-16-21-6-4-8-23(25(21)33-18-19)43(40,41)34-22(7-5-12-32-28(30)31)26(38)35-13-9-20(10-14-35)11-15-42-27(39)29(2,3)17-24(36)37;1-2(3)4/h4,6,8,19-20,22,33-34H,5,7,9-18H2,1-3H3,(H,36,37)(H4,30,31,32);1H3,(H,3,4)/t19-,22?;/m0./s1. The van der Waals surface area contributed by atoms with Gasteiger partial charge in [0.2, 0.25) is 15.9 Å². The maximum absolute atomic E-state index is 13.7. The van der Waals surface area contributed by atoms with Crippen LogP contribution in [0.1, 0.15) is 71.8 Å². The monoisotopic (exact) mass is 682 g/mol. The molecular weight excluding hydrogens is 632 g/mol. The summed E-state index contributed by atoms with van der Waals surface area (Å²) in [6.45, 7) is 8.23. The van der Waals surface area contributed by atoms with Crippen LogP contribution in [0, 0.1) is 17.3 Å². The van der Waals surface area contributed by atoms with E-state index in [0.717, 1.165) is 18.9 Å². The molecule has 16 heteroatoms. The number of likely N-dealkylation sites (tertiary alicyclic amines) is 1. The van der Waals surface area contributed by atoms with Crippen molar-refractivity contribution in [1.29, 1.82) is 0 Å². The van der Waals surface area contributed by atoms with E-state index in [4.69, 9.17) is 31.2 Å². The number of benzene rings is 1. The Kier molecular flexibility index (Phi) is 14.9. The molecule has 0 bridgehead atoms. The molecule has 47 heavy (non-hydrogen) atoms. The maximum Gasteiger partial charge on any atom is 0.312 e. The lowest BCUT2D eigenvalue weighted by atomic mass is 9.89. The zero-order chi connectivity index (χ0) is 35.4. The number of carboxylic acids is 2. The molecule has 0 aliphatic carbocycles. The van der Waals surface area contributed by atoms with Gasteiger partial charge in [-0.3, -0.25) is 24.2 Å². The van der Waals surface area contributed by atoms with Gasteiger partial charge in [0, 0.05) is 33.1 Å². The van der Waals surface area contributed by atoms with Crippen LogP contribution in [-0.4, -0.2) is 92.1 Å². The number of carbonyl (C=O) groups excluding carboxylic acids is 2. The van der Waals surface area contributed by atoms with Crippen LogP contribution in [0.5, 0.6) is 0 Å². The molecule has 2 aliphatic rings. The molecule has 0 radical (unpaired) electrons. The fraction of sp³-hybridized carbons (Fsp3) is 0.645. The van der Waals surface area contributed by atoms with Crippen LogP contribution < -0.4 is 21.5 Å².